The van der Waals surface area contributed by atoms with E-state index in [2.05, 4.69) is 10.0 Å². The Balaban J connectivity index is 1.65. The van der Waals surface area contributed by atoms with Crippen molar-refractivity contribution in [1.82, 2.24) is 0 Å². The summed E-state index contributed by atoms with van der Waals surface area (Å²) in [7, 11) is -2.73. The number of carbonyl (C=O) groups is 1. The van der Waals surface area contributed by atoms with Crippen LogP contribution >= 0.6 is 11.6 Å². The number of hydrogen-bond acceptors (Lipinski definition) is 5. The van der Waals surface area contributed by atoms with Crippen molar-refractivity contribution in [3.63, 3.8) is 0 Å². The number of hydrogen-bond donors (Lipinski definition) is 2. The zero-order valence-electron chi connectivity index (χ0n) is 17.5. The summed E-state index contributed by atoms with van der Waals surface area (Å²) in [5, 5.41) is 2.00. The maximum atomic E-state index is 13.0. The highest BCUT2D eigenvalue weighted by Crippen LogP contribution is 2.36. The van der Waals surface area contributed by atoms with Crippen LogP contribution in [-0.4, -0.2) is 28.0 Å². The second kappa shape index (κ2) is 10.2. The van der Waals surface area contributed by atoms with Crippen LogP contribution in [0.25, 0.3) is 0 Å². The Morgan fingerprint density at radius 1 is 0.971 bits per heavy atom. The minimum atomic E-state index is -4.74. The molecule has 3 aromatic carbocycles. The predicted molar refractivity (Wildman–Crippen MR) is 121 cm³/mol. The van der Waals surface area contributed by atoms with Crippen LogP contribution in [0.15, 0.2) is 71.6 Å². The number of rotatable bonds is 8. The van der Waals surface area contributed by atoms with Gasteiger partial charge in [0.1, 0.15) is 0 Å². The second-order valence-corrected chi connectivity index (χ2v) is 8.90. The molecule has 0 heterocycles. The van der Waals surface area contributed by atoms with Crippen LogP contribution < -0.4 is 19.5 Å². The quantitative estimate of drug-likeness (QED) is 0.432. The zero-order chi connectivity index (χ0) is 24.9. The van der Waals surface area contributed by atoms with E-state index in [0.717, 1.165) is 12.1 Å². The van der Waals surface area contributed by atoms with Gasteiger partial charge in [-0.25, -0.2) is 8.42 Å². The molecule has 3 rings (SSSR count). The number of nitrogens with one attached hydrogen (secondary N) is 2. The van der Waals surface area contributed by atoms with E-state index >= 15 is 0 Å². The highest BCUT2D eigenvalue weighted by atomic mass is 35.5. The van der Waals surface area contributed by atoms with Crippen LogP contribution in [0, 0.1) is 0 Å². The van der Waals surface area contributed by atoms with Gasteiger partial charge in [0.15, 0.2) is 18.1 Å². The molecule has 12 heteroatoms. The fourth-order valence-corrected chi connectivity index (χ4v) is 4.09. The standard InChI is InChI=1S/C22H18ClF3N2O5S/c1-32-19-4-2-3-5-20(19)33-13-21(29)27-14-6-9-16(10-7-14)34(30,31)28-15-8-11-18(23)17(12-15)22(24,25)26/h2-12,28H,13H2,1H3,(H,27,29). The summed E-state index contributed by atoms with van der Waals surface area (Å²) in [6, 6.07) is 14.5. The highest BCUT2D eigenvalue weighted by molar-refractivity contribution is 7.92. The number of alkyl halides is 3. The molecule has 180 valence electrons. The maximum absolute atomic E-state index is 13.0. The van der Waals surface area contributed by atoms with Crippen molar-refractivity contribution in [2.75, 3.05) is 23.8 Å². The van der Waals surface area contributed by atoms with E-state index in [-0.39, 0.29) is 17.2 Å². The van der Waals surface area contributed by atoms with Gasteiger partial charge in [0, 0.05) is 11.4 Å². The van der Waals surface area contributed by atoms with Crippen LogP contribution in [0.3, 0.4) is 0 Å². The van der Waals surface area contributed by atoms with Gasteiger partial charge in [0.25, 0.3) is 15.9 Å². The molecule has 34 heavy (non-hydrogen) atoms. The molecule has 0 atom stereocenters. The number of amides is 1. The number of anilines is 2. The molecule has 0 fully saturated rings. The molecule has 1 amide bonds. The third kappa shape index (κ3) is 6.33. The molecule has 7 nitrogen and oxygen atoms in total. The zero-order valence-corrected chi connectivity index (χ0v) is 19.1. The monoisotopic (exact) mass is 514 g/mol. The van der Waals surface area contributed by atoms with E-state index in [4.69, 9.17) is 21.1 Å². The summed E-state index contributed by atoms with van der Waals surface area (Å²) >= 11 is 5.55. The second-order valence-electron chi connectivity index (χ2n) is 6.81. The summed E-state index contributed by atoms with van der Waals surface area (Å²) in [5.74, 6) is 0.337. The molecule has 0 aliphatic rings. The molecule has 0 saturated heterocycles. The Morgan fingerprint density at radius 2 is 1.59 bits per heavy atom. The van der Waals surface area contributed by atoms with Crippen LogP contribution in [-0.2, 0) is 21.0 Å². The summed E-state index contributed by atoms with van der Waals surface area (Å²) in [5.41, 5.74) is -1.18. The van der Waals surface area contributed by atoms with Crippen molar-refractivity contribution >= 4 is 38.9 Å². The maximum Gasteiger partial charge on any atom is 0.417 e. The van der Waals surface area contributed by atoms with Gasteiger partial charge in [-0.15, -0.1) is 0 Å². The Labute approximate surface area is 198 Å². The average molecular weight is 515 g/mol. The number of halogens is 4. The van der Waals surface area contributed by atoms with Crippen LogP contribution in [0.2, 0.25) is 5.02 Å². The van der Waals surface area contributed by atoms with Crippen LogP contribution in [0.5, 0.6) is 11.5 Å². The van der Waals surface area contributed by atoms with E-state index in [0.29, 0.717) is 23.3 Å². The van der Waals surface area contributed by atoms with E-state index < -0.39 is 32.7 Å². The highest BCUT2D eigenvalue weighted by Gasteiger charge is 2.33. The molecule has 2 N–H and O–H groups in total. The normalized spacial score (nSPS) is 11.6. The molecule has 0 aliphatic heterocycles. The van der Waals surface area contributed by atoms with E-state index in [1.165, 1.54) is 31.4 Å². The minimum absolute atomic E-state index is 0.223. The van der Waals surface area contributed by atoms with Crippen molar-refractivity contribution in [3.05, 3.63) is 77.3 Å². The molecule has 0 aromatic heterocycles. The SMILES string of the molecule is COc1ccccc1OCC(=O)Nc1ccc(S(=O)(=O)Nc2ccc(Cl)c(C(F)(F)F)c2)cc1. The van der Waals surface area contributed by atoms with Crippen molar-refractivity contribution < 1.29 is 35.9 Å². The van der Waals surface area contributed by atoms with Gasteiger partial charge in [-0.3, -0.25) is 9.52 Å². The Morgan fingerprint density at radius 3 is 2.21 bits per heavy atom. The Kier molecular flexibility index (Phi) is 7.57. The third-order valence-corrected chi connectivity index (χ3v) is 6.13. The van der Waals surface area contributed by atoms with Crippen LogP contribution in [0.4, 0.5) is 24.5 Å². The number of ether oxygens (including phenoxy) is 2. The Hall–Kier alpha value is -3.44. The summed E-state index contributed by atoms with van der Waals surface area (Å²) in [6.45, 7) is -0.319. The van der Waals surface area contributed by atoms with Crippen LogP contribution in [0.1, 0.15) is 5.56 Å². The molecule has 0 bridgehead atoms. The van der Waals surface area contributed by atoms with Gasteiger partial charge in [-0.05, 0) is 54.6 Å². The lowest BCUT2D eigenvalue weighted by Gasteiger charge is -2.13. The first-order valence-electron chi connectivity index (χ1n) is 9.55. The summed E-state index contributed by atoms with van der Waals surface area (Å²) < 4.78 is 76.8. The lowest BCUT2D eigenvalue weighted by atomic mass is 10.2. The van der Waals surface area contributed by atoms with Crippen molar-refractivity contribution in [3.8, 4) is 11.5 Å². The predicted octanol–water partition coefficient (Wildman–Crippen LogP) is 5.19. The molecule has 0 unspecified atom stereocenters. The number of carbonyl (C=O) groups excluding carboxylic acids is 1. The van der Waals surface area contributed by atoms with E-state index in [1.54, 1.807) is 24.3 Å². The molecule has 3 aromatic rings. The van der Waals surface area contributed by atoms with Gasteiger partial charge in [-0.2, -0.15) is 13.2 Å². The number of sulfonamides is 1. The molecular weight excluding hydrogens is 497 g/mol. The van der Waals surface area contributed by atoms with E-state index in [1.807, 2.05) is 0 Å². The van der Waals surface area contributed by atoms with Gasteiger partial charge in [0.2, 0.25) is 0 Å². The fourth-order valence-electron chi connectivity index (χ4n) is 2.82. The van der Waals surface area contributed by atoms with Gasteiger partial charge in [0.05, 0.1) is 22.6 Å². The lowest BCUT2D eigenvalue weighted by molar-refractivity contribution is -0.137. The fraction of sp³-hybridized carbons (Fsp3) is 0.136. The first-order valence-corrected chi connectivity index (χ1v) is 11.4. The van der Waals surface area contributed by atoms with Crippen molar-refractivity contribution in [2.45, 2.75) is 11.1 Å². The molecule has 0 aliphatic carbocycles. The van der Waals surface area contributed by atoms with Gasteiger partial charge >= 0.3 is 6.18 Å². The molecule has 0 spiro atoms. The van der Waals surface area contributed by atoms with E-state index in [9.17, 15) is 26.4 Å². The lowest BCUT2D eigenvalue weighted by Crippen LogP contribution is -2.20. The number of benzene rings is 3. The van der Waals surface area contributed by atoms with Gasteiger partial charge in [-0.1, -0.05) is 23.7 Å². The number of para-hydroxylation sites is 2. The first-order chi connectivity index (χ1) is 16.0. The molecule has 0 radical (unpaired) electrons. The smallest absolute Gasteiger partial charge is 0.417 e. The number of methoxy groups -OCH3 is 1. The van der Waals surface area contributed by atoms with Crippen molar-refractivity contribution in [1.29, 1.82) is 0 Å². The topological polar surface area (TPSA) is 93.7 Å². The van der Waals surface area contributed by atoms with Gasteiger partial charge < -0.3 is 14.8 Å². The molecule has 0 saturated carbocycles. The minimum Gasteiger partial charge on any atom is -0.493 e. The average Bonchev–Trinajstić information content (AvgIpc) is 2.78. The summed E-state index contributed by atoms with van der Waals surface area (Å²) in [4.78, 5) is 11.9. The van der Waals surface area contributed by atoms with Crippen molar-refractivity contribution in [2.24, 2.45) is 0 Å². The molecular formula is C22H18ClF3N2O5S. The Bertz CT molecular complexity index is 1280. The third-order valence-electron chi connectivity index (χ3n) is 4.40. The summed E-state index contributed by atoms with van der Waals surface area (Å²) in [6.07, 6.45) is -4.74. The first kappa shape index (κ1) is 25.2. The largest absolute Gasteiger partial charge is 0.493 e.